The highest BCUT2D eigenvalue weighted by atomic mass is 35.5. The van der Waals surface area contributed by atoms with Gasteiger partial charge in [0.2, 0.25) is 0 Å². The number of hydrogen-bond donors (Lipinski definition) is 2. The minimum Gasteiger partial charge on any atom is -0.481 e. The van der Waals surface area contributed by atoms with Gasteiger partial charge in [0.15, 0.2) is 0 Å². The lowest BCUT2D eigenvalue weighted by molar-refractivity contribution is -0.143. The van der Waals surface area contributed by atoms with E-state index in [-0.39, 0.29) is 12.6 Å². The summed E-state index contributed by atoms with van der Waals surface area (Å²) in [6.07, 6.45) is 1.33. The van der Waals surface area contributed by atoms with Gasteiger partial charge in [0.25, 0.3) is 0 Å². The topological polar surface area (TPSA) is 69.6 Å². The molecule has 0 radical (unpaired) electrons. The lowest BCUT2D eigenvalue weighted by Crippen LogP contribution is -2.44. The van der Waals surface area contributed by atoms with Crippen molar-refractivity contribution in [3.8, 4) is 0 Å². The van der Waals surface area contributed by atoms with Crippen molar-refractivity contribution < 1.29 is 14.7 Å². The zero-order valence-electron chi connectivity index (χ0n) is 11.2. The van der Waals surface area contributed by atoms with Crippen molar-refractivity contribution in [3.63, 3.8) is 0 Å². The molecular weight excluding hydrogens is 280 g/mol. The summed E-state index contributed by atoms with van der Waals surface area (Å²) in [4.78, 5) is 24.6. The van der Waals surface area contributed by atoms with Crippen LogP contribution in [0.3, 0.4) is 0 Å². The maximum atomic E-state index is 12.1. The molecule has 0 saturated carbocycles. The molecule has 0 bridgehead atoms. The van der Waals surface area contributed by atoms with Gasteiger partial charge in [-0.2, -0.15) is 0 Å². The average molecular weight is 297 g/mol. The van der Waals surface area contributed by atoms with E-state index in [1.807, 2.05) is 13.0 Å². The third kappa shape index (κ3) is 3.42. The molecule has 1 fully saturated rings. The highest BCUT2D eigenvalue weighted by molar-refractivity contribution is 6.31. The van der Waals surface area contributed by atoms with E-state index in [1.54, 1.807) is 12.1 Å². The van der Waals surface area contributed by atoms with Crippen LogP contribution in [-0.2, 0) is 4.79 Å². The minimum atomic E-state index is -0.846. The van der Waals surface area contributed by atoms with Crippen molar-refractivity contribution in [2.45, 2.75) is 19.8 Å². The third-order valence-corrected chi connectivity index (χ3v) is 3.89. The van der Waals surface area contributed by atoms with Gasteiger partial charge in [0, 0.05) is 23.8 Å². The Kier molecular flexibility index (Phi) is 4.49. The summed E-state index contributed by atoms with van der Waals surface area (Å²) in [7, 11) is 0. The van der Waals surface area contributed by atoms with E-state index < -0.39 is 11.9 Å². The molecule has 2 rings (SSSR count). The van der Waals surface area contributed by atoms with Crippen molar-refractivity contribution in [2.75, 3.05) is 18.4 Å². The Balaban J connectivity index is 2.00. The fraction of sp³-hybridized carbons (Fsp3) is 0.429. The number of carboxylic acid groups (broad SMARTS) is 1. The maximum Gasteiger partial charge on any atom is 0.321 e. The third-order valence-electron chi connectivity index (χ3n) is 3.48. The van der Waals surface area contributed by atoms with Gasteiger partial charge in [0.05, 0.1) is 5.92 Å². The monoisotopic (exact) mass is 296 g/mol. The summed E-state index contributed by atoms with van der Waals surface area (Å²) in [5.41, 5.74) is 1.55. The van der Waals surface area contributed by atoms with Gasteiger partial charge in [-0.3, -0.25) is 4.79 Å². The Bertz CT molecular complexity index is 533. The zero-order valence-corrected chi connectivity index (χ0v) is 12.0. The van der Waals surface area contributed by atoms with Gasteiger partial charge in [-0.1, -0.05) is 17.7 Å². The number of aliphatic carboxylic acids is 1. The molecule has 1 saturated heterocycles. The first-order valence-corrected chi connectivity index (χ1v) is 6.90. The number of piperidine rings is 1. The SMILES string of the molecule is Cc1ccc(NC(=O)N2CCC[C@@H](C(=O)O)C2)cc1Cl. The normalized spacial score (nSPS) is 18.7. The second kappa shape index (κ2) is 6.13. The summed E-state index contributed by atoms with van der Waals surface area (Å²) in [5, 5.41) is 12.4. The molecule has 2 N–H and O–H groups in total. The minimum absolute atomic E-state index is 0.251. The highest BCUT2D eigenvalue weighted by Gasteiger charge is 2.28. The van der Waals surface area contributed by atoms with E-state index in [0.29, 0.717) is 30.1 Å². The first-order chi connectivity index (χ1) is 9.47. The highest BCUT2D eigenvalue weighted by Crippen LogP contribution is 2.21. The smallest absolute Gasteiger partial charge is 0.321 e. The number of amides is 2. The number of aryl methyl sites for hydroxylation is 1. The van der Waals surface area contributed by atoms with Crippen molar-refractivity contribution >= 4 is 29.3 Å². The van der Waals surface area contributed by atoms with Gasteiger partial charge < -0.3 is 15.3 Å². The maximum absolute atomic E-state index is 12.1. The number of nitrogens with one attached hydrogen (secondary N) is 1. The fourth-order valence-electron chi connectivity index (χ4n) is 2.24. The van der Waals surface area contributed by atoms with E-state index in [4.69, 9.17) is 16.7 Å². The number of rotatable bonds is 2. The quantitative estimate of drug-likeness (QED) is 0.881. The van der Waals surface area contributed by atoms with Crippen LogP contribution in [-0.4, -0.2) is 35.1 Å². The van der Waals surface area contributed by atoms with Gasteiger partial charge in [-0.25, -0.2) is 4.79 Å². The van der Waals surface area contributed by atoms with Crippen LogP contribution in [0.1, 0.15) is 18.4 Å². The van der Waals surface area contributed by atoms with Crippen LogP contribution in [0.25, 0.3) is 0 Å². The van der Waals surface area contributed by atoms with Crippen LogP contribution < -0.4 is 5.32 Å². The number of hydrogen-bond acceptors (Lipinski definition) is 2. The van der Waals surface area contributed by atoms with Gasteiger partial charge >= 0.3 is 12.0 Å². The molecule has 5 nitrogen and oxygen atoms in total. The van der Waals surface area contributed by atoms with Crippen LogP contribution in [0, 0.1) is 12.8 Å². The second-order valence-electron chi connectivity index (χ2n) is 5.02. The molecule has 1 heterocycles. The van der Waals surface area contributed by atoms with Crippen LogP contribution in [0.15, 0.2) is 18.2 Å². The molecule has 1 atom stereocenters. The molecule has 2 amide bonds. The molecule has 1 aliphatic heterocycles. The number of anilines is 1. The summed E-state index contributed by atoms with van der Waals surface area (Å²) in [6, 6.07) is 5.01. The van der Waals surface area contributed by atoms with E-state index in [0.717, 1.165) is 5.56 Å². The standard InChI is InChI=1S/C14H17ClN2O3/c1-9-4-5-11(7-12(9)15)16-14(20)17-6-2-3-10(8-17)13(18)19/h4-5,7,10H,2-3,6,8H2,1H3,(H,16,20)(H,18,19)/t10-/m1/s1. The summed E-state index contributed by atoms with van der Waals surface area (Å²) < 4.78 is 0. The van der Waals surface area contributed by atoms with Gasteiger partial charge in [-0.05, 0) is 37.5 Å². The lowest BCUT2D eigenvalue weighted by Gasteiger charge is -2.30. The lowest BCUT2D eigenvalue weighted by atomic mass is 9.99. The Morgan fingerprint density at radius 1 is 1.45 bits per heavy atom. The molecule has 1 aliphatic rings. The second-order valence-corrected chi connectivity index (χ2v) is 5.42. The molecule has 1 aromatic carbocycles. The number of likely N-dealkylation sites (tertiary alicyclic amines) is 1. The van der Waals surface area contributed by atoms with Gasteiger partial charge in [0.1, 0.15) is 0 Å². The Morgan fingerprint density at radius 3 is 2.85 bits per heavy atom. The predicted octanol–water partition coefficient (Wildman–Crippen LogP) is 2.98. The van der Waals surface area contributed by atoms with Crippen molar-refractivity contribution in [3.05, 3.63) is 28.8 Å². The number of nitrogens with zero attached hydrogens (tertiary/aromatic N) is 1. The molecule has 0 aliphatic carbocycles. The number of urea groups is 1. The summed E-state index contributed by atoms with van der Waals surface area (Å²) in [5.74, 6) is -1.32. The van der Waals surface area contributed by atoms with E-state index in [2.05, 4.69) is 5.32 Å². The van der Waals surface area contributed by atoms with E-state index in [1.165, 1.54) is 4.90 Å². The first kappa shape index (κ1) is 14.7. The van der Waals surface area contributed by atoms with Crippen molar-refractivity contribution in [1.82, 2.24) is 4.90 Å². The predicted molar refractivity (Wildman–Crippen MR) is 77.1 cm³/mol. The van der Waals surface area contributed by atoms with Crippen LogP contribution >= 0.6 is 11.6 Å². The van der Waals surface area contributed by atoms with Crippen molar-refractivity contribution in [1.29, 1.82) is 0 Å². The molecule has 0 spiro atoms. The first-order valence-electron chi connectivity index (χ1n) is 6.52. The fourth-order valence-corrected chi connectivity index (χ4v) is 2.42. The number of carboxylic acids is 1. The number of carbonyl (C=O) groups excluding carboxylic acids is 1. The summed E-state index contributed by atoms with van der Waals surface area (Å²) in [6.45, 7) is 2.71. The van der Waals surface area contributed by atoms with Gasteiger partial charge in [-0.15, -0.1) is 0 Å². The van der Waals surface area contributed by atoms with E-state index >= 15 is 0 Å². The van der Waals surface area contributed by atoms with Crippen LogP contribution in [0.5, 0.6) is 0 Å². The Labute approximate surface area is 122 Å². The van der Waals surface area contributed by atoms with Crippen LogP contribution in [0.4, 0.5) is 10.5 Å². The number of carbonyl (C=O) groups is 2. The number of benzene rings is 1. The Morgan fingerprint density at radius 2 is 2.20 bits per heavy atom. The molecule has 0 aromatic heterocycles. The Hall–Kier alpha value is -1.75. The molecule has 0 unspecified atom stereocenters. The molecule has 20 heavy (non-hydrogen) atoms. The van der Waals surface area contributed by atoms with Crippen LogP contribution in [0.2, 0.25) is 5.02 Å². The molecule has 108 valence electrons. The summed E-state index contributed by atoms with van der Waals surface area (Å²) >= 11 is 6.01. The average Bonchev–Trinajstić information content (AvgIpc) is 2.43. The van der Waals surface area contributed by atoms with Crippen molar-refractivity contribution in [2.24, 2.45) is 5.92 Å². The van der Waals surface area contributed by atoms with E-state index in [9.17, 15) is 9.59 Å². The largest absolute Gasteiger partial charge is 0.481 e. The molecular formula is C14H17ClN2O3. The zero-order chi connectivity index (χ0) is 14.7. The molecule has 1 aromatic rings. The number of halogens is 1. The molecule has 6 heteroatoms.